The molecule has 1 N–H and O–H groups in total. The zero-order valence-electron chi connectivity index (χ0n) is 8.31. The number of benzene rings is 1. The molecule has 0 heterocycles. The first-order valence-electron chi connectivity index (χ1n) is 4.51. The standard InChI is InChI=1S/C10H12ClNO2S/c1-2-15-12(10(13)14)7-8-3-5-9(11)6-4-8/h3-6H,2,7H2,1H3,(H,13,14). The summed E-state index contributed by atoms with van der Waals surface area (Å²) in [4.78, 5) is 10.8. The molecule has 5 heteroatoms. The van der Waals surface area contributed by atoms with Crippen molar-refractivity contribution in [3.05, 3.63) is 34.9 Å². The van der Waals surface area contributed by atoms with E-state index in [-0.39, 0.29) is 0 Å². The fourth-order valence-corrected chi connectivity index (χ4v) is 1.87. The first-order chi connectivity index (χ1) is 7.13. The Bertz CT molecular complexity index is 329. The lowest BCUT2D eigenvalue weighted by Gasteiger charge is -2.16. The Labute approximate surface area is 98.2 Å². The number of carboxylic acid groups (broad SMARTS) is 1. The molecule has 15 heavy (non-hydrogen) atoms. The van der Waals surface area contributed by atoms with Gasteiger partial charge in [0, 0.05) is 10.8 Å². The van der Waals surface area contributed by atoms with Gasteiger partial charge < -0.3 is 5.11 Å². The third-order valence-electron chi connectivity index (χ3n) is 1.74. The molecule has 1 rings (SSSR count). The number of hydrogen-bond donors (Lipinski definition) is 1. The summed E-state index contributed by atoms with van der Waals surface area (Å²) in [6.07, 6.45) is -0.920. The molecular weight excluding hydrogens is 234 g/mol. The molecule has 0 bridgehead atoms. The highest BCUT2D eigenvalue weighted by Crippen LogP contribution is 2.16. The molecule has 0 unspecified atom stereocenters. The zero-order chi connectivity index (χ0) is 11.3. The molecule has 3 nitrogen and oxygen atoms in total. The van der Waals surface area contributed by atoms with Crippen molar-refractivity contribution >= 4 is 29.6 Å². The van der Waals surface area contributed by atoms with Gasteiger partial charge in [-0.3, -0.25) is 0 Å². The Morgan fingerprint density at radius 3 is 2.53 bits per heavy atom. The number of hydrogen-bond acceptors (Lipinski definition) is 2. The van der Waals surface area contributed by atoms with Crippen molar-refractivity contribution in [1.82, 2.24) is 4.31 Å². The Hall–Kier alpha value is -0.870. The lowest BCUT2D eigenvalue weighted by atomic mass is 10.2. The predicted octanol–water partition coefficient (Wildman–Crippen LogP) is 3.49. The van der Waals surface area contributed by atoms with Gasteiger partial charge in [-0.1, -0.05) is 30.7 Å². The zero-order valence-corrected chi connectivity index (χ0v) is 9.88. The van der Waals surface area contributed by atoms with E-state index in [9.17, 15) is 4.79 Å². The van der Waals surface area contributed by atoms with Crippen molar-refractivity contribution in [1.29, 1.82) is 0 Å². The second-order valence-corrected chi connectivity index (χ2v) is 4.58. The van der Waals surface area contributed by atoms with Crippen molar-refractivity contribution in [3.63, 3.8) is 0 Å². The molecule has 0 aliphatic heterocycles. The summed E-state index contributed by atoms with van der Waals surface area (Å²) in [5, 5.41) is 9.56. The molecule has 0 saturated carbocycles. The molecular formula is C10H12ClNO2S. The number of rotatable bonds is 4. The average Bonchev–Trinajstić information content (AvgIpc) is 2.20. The van der Waals surface area contributed by atoms with E-state index in [0.29, 0.717) is 11.6 Å². The molecule has 0 spiro atoms. The minimum absolute atomic E-state index is 0.380. The van der Waals surface area contributed by atoms with Gasteiger partial charge in [-0.25, -0.2) is 9.10 Å². The van der Waals surface area contributed by atoms with E-state index in [1.54, 1.807) is 12.1 Å². The average molecular weight is 246 g/mol. The summed E-state index contributed by atoms with van der Waals surface area (Å²) in [7, 11) is 0. The molecule has 0 aliphatic carbocycles. The molecule has 0 radical (unpaired) electrons. The monoisotopic (exact) mass is 245 g/mol. The van der Waals surface area contributed by atoms with Crippen LogP contribution in [0.3, 0.4) is 0 Å². The largest absolute Gasteiger partial charge is 0.464 e. The smallest absolute Gasteiger partial charge is 0.417 e. The van der Waals surface area contributed by atoms with Crippen LogP contribution in [-0.4, -0.2) is 21.3 Å². The van der Waals surface area contributed by atoms with Gasteiger partial charge in [0.25, 0.3) is 0 Å². The van der Waals surface area contributed by atoms with Crippen LogP contribution in [0.5, 0.6) is 0 Å². The number of nitrogens with zero attached hydrogens (tertiary/aromatic N) is 1. The topological polar surface area (TPSA) is 40.5 Å². The molecule has 1 aromatic rings. The maximum atomic E-state index is 10.8. The van der Waals surface area contributed by atoms with Gasteiger partial charge in [0.15, 0.2) is 0 Å². The second kappa shape index (κ2) is 5.88. The van der Waals surface area contributed by atoms with Crippen molar-refractivity contribution < 1.29 is 9.90 Å². The molecule has 1 amide bonds. The molecule has 0 saturated heterocycles. The van der Waals surface area contributed by atoms with E-state index in [1.165, 1.54) is 16.3 Å². The van der Waals surface area contributed by atoms with Crippen molar-refractivity contribution in [2.45, 2.75) is 13.5 Å². The van der Waals surface area contributed by atoms with Crippen LogP contribution >= 0.6 is 23.5 Å². The Balaban J connectivity index is 2.65. The van der Waals surface area contributed by atoms with Gasteiger partial charge in [0.1, 0.15) is 0 Å². The van der Waals surface area contributed by atoms with Crippen LogP contribution < -0.4 is 0 Å². The molecule has 0 aliphatic rings. The van der Waals surface area contributed by atoms with Gasteiger partial charge in [-0.05, 0) is 29.6 Å². The normalized spacial score (nSPS) is 10.0. The van der Waals surface area contributed by atoms with Gasteiger partial charge in [-0.15, -0.1) is 0 Å². The number of amides is 1. The summed E-state index contributed by atoms with van der Waals surface area (Å²) in [6.45, 7) is 2.30. The van der Waals surface area contributed by atoms with Crippen LogP contribution in [0.15, 0.2) is 24.3 Å². The summed E-state index contributed by atoms with van der Waals surface area (Å²) in [6, 6.07) is 7.17. The minimum atomic E-state index is -0.920. The lowest BCUT2D eigenvalue weighted by molar-refractivity contribution is 0.174. The number of carbonyl (C=O) groups is 1. The van der Waals surface area contributed by atoms with E-state index in [4.69, 9.17) is 16.7 Å². The van der Waals surface area contributed by atoms with Crippen molar-refractivity contribution in [2.24, 2.45) is 0 Å². The Kier molecular flexibility index (Phi) is 4.78. The molecule has 0 fully saturated rings. The summed E-state index contributed by atoms with van der Waals surface area (Å²) in [5.74, 6) is 0.736. The summed E-state index contributed by atoms with van der Waals surface area (Å²) >= 11 is 7.02. The molecule has 0 atom stereocenters. The van der Waals surface area contributed by atoms with E-state index >= 15 is 0 Å². The Morgan fingerprint density at radius 1 is 1.47 bits per heavy atom. The van der Waals surface area contributed by atoms with Gasteiger partial charge in [-0.2, -0.15) is 0 Å². The maximum Gasteiger partial charge on any atom is 0.417 e. The van der Waals surface area contributed by atoms with Gasteiger partial charge >= 0.3 is 6.09 Å². The SMILES string of the molecule is CCSN(Cc1ccc(Cl)cc1)C(=O)O. The van der Waals surface area contributed by atoms with Crippen LogP contribution in [0.4, 0.5) is 4.79 Å². The van der Waals surface area contributed by atoms with Gasteiger partial charge in [0.2, 0.25) is 0 Å². The van der Waals surface area contributed by atoms with E-state index in [1.807, 2.05) is 19.1 Å². The van der Waals surface area contributed by atoms with Crippen LogP contribution in [0.1, 0.15) is 12.5 Å². The third-order valence-corrected chi connectivity index (χ3v) is 2.84. The third kappa shape index (κ3) is 4.01. The second-order valence-electron chi connectivity index (χ2n) is 2.86. The quantitative estimate of drug-likeness (QED) is 0.826. The number of halogens is 1. The molecule has 1 aromatic carbocycles. The molecule has 0 aromatic heterocycles. The fourth-order valence-electron chi connectivity index (χ4n) is 1.08. The van der Waals surface area contributed by atoms with Crippen LogP contribution in [-0.2, 0) is 6.54 Å². The van der Waals surface area contributed by atoms with E-state index < -0.39 is 6.09 Å². The maximum absolute atomic E-state index is 10.8. The van der Waals surface area contributed by atoms with E-state index in [0.717, 1.165) is 11.3 Å². The minimum Gasteiger partial charge on any atom is -0.464 e. The first-order valence-corrected chi connectivity index (χ1v) is 5.83. The highest BCUT2D eigenvalue weighted by atomic mass is 35.5. The lowest BCUT2D eigenvalue weighted by Crippen LogP contribution is -2.21. The van der Waals surface area contributed by atoms with Gasteiger partial charge in [0.05, 0.1) is 6.54 Å². The van der Waals surface area contributed by atoms with Crippen LogP contribution in [0, 0.1) is 0 Å². The Morgan fingerprint density at radius 2 is 2.07 bits per heavy atom. The summed E-state index contributed by atoms with van der Waals surface area (Å²) in [5.41, 5.74) is 0.933. The van der Waals surface area contributed by atoms with Crippen molar-refractivity contribution in [2.75, 3.05) is 5.75 Å². The fraction of sp³-hybridized carbons (Fsp3) is 0.300. The highest BCUT2D eigenvalue weighted by Gasteiger charge is 2.11. The first kappa shape index (κ1) is 12.2. The highest BCUT2D eigenvalue weighted by molar-refractivity contribution is 7.97. The molecule has 82 valence electrons. The van der Waals surface area contributed by atoms with Crippen LogP contribution in [0.2, 0.25) is 5.02 Å². The van der Waals surface area contributed by atoms with Crippen LogP contribution in [0.25, 0.3) is 0 Å². The predicted molar refractivity (Wildman–Crippen MR) is 63.2 cm³/mol. The summed E-state index contributed by atoms with van der Waals surface area (Å²) < 4.78 is 1.31. The van der Waals surface area contributed by atoms with Crippen molar-refractivity contribution in [3.8, 4) is 0 Å². The van der Waals surface area contributed by atoms with E-state index in [2.05, 4.69) is 0 Å².